The average molecular weight is 578 g/mol. The summed E-state index contributed by atoms with van der Waals surface area (Å²) < 4.78 is 51.3. The van der Waals surface area contributed by atoms with Crippen LogP contribution in [-0.4, -0.2) is 42.7 Å². The maximum Gasteiger partial charge on any atom is 0.294 e. The Morgan fingerprint density at radius 1 is 1.16 bits per heavy atom. The van der Waals surface area contributed by atoms with Crippen molar-refractivity contribution >= 4 is 63.2 Å². The first-order chi connectivity index (χ1) is 15.2. The first-order valence-corrected chi connectivity index (χ1v) is 10.7. The van der Waals surface area contributed by atoms with E-state index in [1.54, 1.807) is 12.1 Å². The molecule has 0 radical (unpaired) electrons. The molecule has 0 aliphatic carbocycles. The van der Waals surface area contributed by atoms with Crippen LogP contribution in [0.1, 0.15) is 5.56 Å². The minimum absolute atomic E-state index is 0.0600. The van der Waals surface area contributed by atoms with Crippen LogP contribution in [0.4, 0.5) is 23.7 Å². The number of carbonyl (C=O) groups excluding carboxylic acids is 3. The third-order valence-corrected chi connectivity index (χ3v) is 5.95. The molecular formula is C20H14F3IN2O5S. The monoisotopic (exact) mass is 578 g/mol. The van der Waals surface area contributed by atoms with E-state index in [1.165, 1.54) is 20.3 Å². The molecule has 2 aromatic rings. The van der Waals surface area contributed by atoms with Crippen molar-refractivity contribution in [3.8, 4) is 11.5 Å². The topological polar surface area (TPSA) is 84.9 Å². The molecule has 0 saturated carbocycles. The van der Waals surface area contributed by atoms with Gasteiger partial charge in [0.2, 0.25) is 5.91 Å². The number of anilines is 1. The summed E-state index contributed by atoms with van der Waals surface area (Å²) in [5, 5.41) is 1.31. The first kappa shape index (κ1) is 23.9. The Balaban J connectivity index is 1.77. The van der Waals surface area contributed by atoms with E-state index < -0.39 is 46.7 Å². The molecule has 0 atom stereocenters. The summed E-state index contributed by atoms with van der Waals surface area (Å²) in [4.78, 5) is 37.8. The number of halogens is 4. The van der Waals surface area contributed by atoms with E-state index in [-0.39, 0.29) is 4.91 Å². The van der Waals surface area contributed by atoms with E-state index >= 15 is 0 Å². The first-order valence-electron chi connectivity index (χ1n) is 8.76. The molecular weight excluding hydrogens is 564 g/mol. The lowest BCUT2D eigenvalue weighted by atomic mass is 10.2. The quantitative estimate of drug-likeness (QED) is 0.311. The number of amides is 3. The van der Waals surface area contributed by atoms with Gasteiger partial charge in [-0.2, -0.15) is 0 Å². The van der Waals surface area contributed by atoms with Gasteiger partial charge in [-0.25, -0.2) is 13.2 Å². The van der Waals surface area contributed by atoms with Gasteiger partial charge < -0.3 is 14.8 Å². The standard InChI is InChI=1S/C20H14F3IN2O5S/c1-30-13-6-9(5-11(24)18(13)31-2)7-14-19(28)26(20(29)32-14)8-15(27)25-12-4-3-10(21)16(22)17(12)23/h3-7H,8H2,1-2H3,(H,25,27)/b14-7+. The Hall–Kier alpha value is -2.74. The summed E-state index contributed by atoms with van der Waals surface area (Å²) in [6.07, 6.45) is 1.46. The molecule has 1 saturated heterocycles. The second kappa shape index (κ2) is 9.81. The minimum atomic E-state index is -1.75. The summed E-state index contributed by atoms with van der Waals surface area (Å²) >= 11 is 2.65. The molecule has 3 amide bonds. The molecule has 0 unspecified atom stereocenters. The van der Waals surface area contributed by atoms with Crippen molar-refractivity contribution in [3.63, 3.8) is 0 Å². The molecule has 1 aliphatic rings. The number of carbonyl (C=O) groups is 3. The Labute approximate surface area is 198 Å². The van der Waals surface area contributed by atoms with Gasteiger partial charge in [0, 0.05) is 0 Å². The summed E-state index contributed by atoms with van der Waals surface area (Å²) in [7, 11) is 2.95. The molecule has 0 bridgehead atoms. The number of nitrogens with one attached hydrogen (secondary N) is 1. The highest BCUT2D eigenvalue weighted by Gasteiger charge is 2.36. The van der Waals surface area contributed by atoms with Gasteiger partial charge >= 0.3 is 0 Å². The maximum absolute atomic E-state index is 13.7. The van der Waals surface area contributed by atoms with Crippen molar-refractivity contribution < 1.29 is 37.0 Å². The van der Waals surface area contributed by atoms with E-state index in [0.29, 0.717) is 43.4 Å². The molecule has 1 heterocycles. The Morgan fingerprint density at radius 2 is 1.88 bits per heavy atom. The lowest BCUT2D eigenvalue weighted by molar-refractivity contribution is -0.127. The van der Waals surface area contributed by atoms with Crippen molar-refractivity contribution in [2.24, 2.45) is 0 Å². The van der Waals surface area contributed by atoms with E-state index in [2.05, 4.69) is 0 Å². The zero-order valence-electron chi connectivity index (χ0n) is 16.5. The number of methoxy groups -OCH3 is 2. The Kier molecular flexibility index (Phi) is 7.33. The fraction of sp³-hybridized carbons (Fsp3) is 0.150. The summed E-state index contributed by atoms with van der Waals surface area (Å²) in [5.41, 5.74) is -0.0535. The van der Waals surface area contributed by atoms with Crippen molar-refractivity contribution in [1.82, 2.24) is 4.90 Å². The number of hydrogen-bond donors (Lipinski definition) is 1. The van der Waals surface area contributed by atoms with E-state index in [4.69, 9.17) is 9.47 Å². The second-order valence-electron chi connectivity index (χ2n) is 6.28. The number of nitrogens with zero attached hydrogens (tertiary/aromatic N) is 1. The fourth-order valence-corrected chi connectivity index (χ4v) is 4.45. The zero-order valence-corrected chi connectivity index (χ0v) is 19.5. The van der Waals surface area contributed by atoms with Gasteiger partial charge in [0.05, 0.1) is 28.4 Å². The molecule has 1 aliphatic heterocycles. The van der Waals surface area contributed by atoms with Crippen molar-refractivity contribution in [1.29, 1.82) is 0 Å². The highest BCUT2D eigenvalue weighted by molar-refractivity contribution is 14.1. The van der Waals surface area contributed by atoms with Crippen molar-refractivity contribution in [2.45, 2.75) is 0 Å². The SMILES string of the molecule is COc1cc(/C=C2/SC(=O)N(CC(=O)Nc3ccc(F)c(F)c3F)C2=O)cc(I)c1OC. The van der Waals surface area contributed by atoms with Gasteiger partial charge in [-0.15, -0.1) is 0 Å². The number of thioether (sulfide) groups is 1. The van der Waals surface area contributed by atoms with Gasteiger partial charge in [0.25, 0.3) is 11.1 Å². The smallest absolute Gasteiger partial charge is 0.294 e. The number of hydrogen-bond acceptors (Lipinski definition) is 6. The molecule has 0 spiro atoms. The molecule has 7 nitrogen and oxygen atoms in total. The van der Waals surface area contributed by atoms with Crippen LogP contribution in [0.5, 0.6) is 11.5 Å². The average Bonchev–Trinajstić information content (AvgIpc) is 3.01. The predicted molar refractivity (Wildman–Crippen MR) is 120 cm³/mol. The maximum atomic E-state index is 13.7. The van der Waals surface area contributed by atoms with Gasteiger partial charge in [-0.3, -0.25) is 19.3 Å². The number of rotatable bonds is 6. The summed E-state index contributed by atoms with van der Waals surface area (Å²) in [6.45, 7) is -0.732. The normalized spacial score (nSPS) is 14.8. The van der Waals surface area contributed by atoms with Gasteiger partial charge in [0.15, 0.2) is 29.0 Å². The van der Waals surface area contributed by atoms with E-state index in [9.17, 15) is 27.6 Å². The van der Waals surface area contributed by atoms with Crippen molar-refractivity contribution in [2.75, 3.05) is 26.1 Å². The van der Waals surface area contributed by atoms with Gasteiger partial charge in [-0.1, -0.05) is 0 Å². The summed E-state index contributed by atoms with van der Waals surface area (Å²) in [5.74, 6) is -5.50. The van der Waals surface area contributed by atoms with Crippen LogP contribution in [0.3, 0.4) is 0 Å². The lowest BCUT2D eigenvalue weighted by Gasteiger charge is -2.13. The molecule has 1 N–H and O–H groups in total. The molecule has 2 aromatic carbocycles. The highest BCUT2D eigenvalue weighted by Crippen LogP contribution is 2.37. The number of benzene rings is 2. The van der Waals surface area contributed by atoms with Crippen LogP contribution in [0.2, 0.25) is 0 Å². The van der Waals surface area contributed by atoms with Gasteiger partial charge in [-0.05, 0) is 70.3 Å². The van der Waals surface area contributed by atoms with Crippen molar-refractivity contribution in [3.05, 3.63) is 55.8 Å². The predicted octanol–water partition coefficient (Wildman–Crippen LogP) is 4.40. The number of imide groups is 1. The number of ether oxygens (including phenoxy) is 2. The van der Waals surface area contributed by atoms with Gasteiger partial charge in [0.1, 0.15) is 6.54 Å². The minimum Gasteiger partial charge on any atom is -0.493 e. The molecule has 1 fully saturated rings. The Morgan fingerprint density at radius 3 is 2.53 bits per heavy atom. The Bertz CT molecular complexity index is 1160. The lowest BCUT2D eigenvalue weighted by Crippen LogP contribution is -2.36. The van der Waals surface area contributed by atoms with Crippen LogP contribution in [0, 0.1) is 21.0 Å². The van der Waals surface area contributed by atoms with E-state index in [1.807, 2.05) is 27.9 Å². The van der Waals surface area contributed by atoms with Crippen LogP contribution in [0.15, 0.2) is 29.2 Å². The van der Waals surface area contributed by atoms with Crippen LogP contribution in [0.25, 0.3) is 6.08 Å². The highest BCUT2D eigenvalue weighted by atomic mass is 127. The molecule has 12 heteroatoms. The third kappa shape index (κ3) is 4.85. The molecule has 168 valence electrons. The fourth-order valence-electron chi connectivity index (χ4n) is 2.76. The third-order valence-electron chi connectivity index (χ3n) is 4.24. The van der Waals surface area contributed by atoms with E-state index in [0.717, 1.165) is 6.07 Å². The van der Waals surface area contributed by atoms with Crippen LogP contribution < -0.4 is 14.8 Å². The summed E-state index contributed by atoms with van der Waals surface area (Å²) in [6, 6.07) is 4.81. The van der Waals surface area contributed by atoms with Crippen LogP contribution in [-0.2, 0) is 9.59 Å². The second-order valence-corrected chi connectivity index (χ2v) is 8.43. The zero-order chi connectivity index (χ0) is 23.6. The molecule has 0 aromatic heterocycles. The van der Waals surface area contributed by atoms with Crippen LogP contribution >= 0.6 is 34.4 Å². The molecule has 3 rings (SSSR count). The molecule has 32 heavy (non-hydrogen) atoms. The largest absolute Gasteiger partial charge is 0.493 e.